The van der Waals surface area contributed by atoms with Gasteiger partial charge in [0.15, 0.2) is 9.84 Å². The number of carboxylic acid groups (broad SMARTS) is 1. The Kier molecular flexibility index (Phi) is 8.01. The molecular weight excluding hydrogens is 578 g/mol. The molecule has 2 saturated heterocycles. The van der Waals surface area contributed by atoms with Crippen molar-refractivity contribution in [3.8, 4) is 0 Å². The molecule has 1 aromatic rings. The molecule has 0 saturated carbocycles. The quantitative estimate of drug-likeness (QED) is 0.190. The summed E-state index contributed by atoms with van der Waals surface area (Å²) in [6, 6.07) is -1.46. The molecule has 0 radical (unpaired) electrons. The van der Waals surface area contributed by atoms with E-state index in [1.54, 1.807) is 19.1 Å². The number of sulfone groups is 1. The van der Waals surface area contributed by atoms with Crippen LogP contribution in [0.25, 0.3) is 6.08 Å². The van der Waals surface area contributed by atoms with Crippen molar-refractivity contribution in [1.82, 2.24) is 15.2 Å². The van der Waals surface area contributed by atoms with Gasteiger partial charge in [-0.05, 0) is 31.9 Å². The number of likely N-dealkylation sites (N-methyl/N-ethyl adjacent to an activating group) is 1. The highest BCUT2D eigenvalue weighted by Gasteiger charge is 2.39. The van der Waals surface area contributed by atoms with E-state index >= 15 is 0 Å². The van der Waals surface area contributed by atoms with Gasteiger partial charge in [0.2, 0.25) is 6.04 Å². The minimum atomic E-state index is -3.97. The summed E-state index contributed by atoms with van der Waals surface area (Å²) in [6.07, 6.45) is 6.80. The van der Waals surface area contributed by atoms with Gasteiger partial charge in [0.1, 0.15) is 0 Å². The van der Waals surface area contributed by atoms with Crippen molar-refractivity contribution in [1.29, 1.82) is 0 Å². The summed E-state index contributed by atoms with van der Waals surface area (Å²) in [5.74, 6) is -2.39. The van der Waals surface area contributed by atoms with Gasteiger partial charge in [-0.15, -0.1) is 0 Å². The number of nitrogens with zero attached hydrogens (tertiary/aromatic N) is 2. The smallest absolute Gasteiger partial charge is 0.331 e. The lowest BCUT2D eigenvalue weighted by atomic mass is 9.95. The van der Waals surface area contributed by atoms with Crippen molar-refractivity contribution in [3.05, 3.63) is 84.9 Å². The highest BCUT2D eigenvalue weighted by atomic mass is 32.2. The first-order valence-corrected chi connectivity index (χ1v) is 15.7. The summed E-state index contributed by atoms with van der Waals surface area (Å²) in [5, 5.41) is 22.6. The SMILES string of the molecule is Cc1[nH]c(/C=C2\C(=O)NC3=CCC(S(=O)(=O)CC4=CC=C(C(=O)O)CC4[N+](=O)[O-])C=C32)c(C)c1C(=O)N1CC[NH+](C)CC1. The number of nitrogens with one attached hydrogen (secondary N) is 3. The third-order valence-electron chi connectivity index (χ3n) is 8.56. The summed E-state index contributed by atoms with van der Waals surface area (Å²) < 4.78 is 26.9. The van der Waals surface area contributed by atoms with Crippen LogP contribution in [-0.2, 0) is 19.4 Å². The molecule has 1 aromatic heterocycles. The van der Waals surface area contributed by atoms with E-state index in [9.17, 15) is 38.0 Å². The molecule has 2 amide bonds. The van der Waals surface area contributed by atoms with Gasteiger partial charge in [-0.3, -0.25) is 19.7 Å². The zero-order chi connectivity index (χ0) is 31.2. The number of hydrogen-bond acceptors (Lipinski definition) is 7. The van der Waals surface area contributed by atoms with E-state index in [0.717, 1.165) is 13.1 Å². The largest absolute Gasteiger partial charge is 0.478 e. The molecule has 0 aromatic carbocycles. The number of piperazine rings is 1. The number of quaternary nitrogens is 1. The van der Waals surface area contributed by atoms with Crippen molar-refractivity contribution in [2.24, 2.45) is 0 Å². The lowest BCUT2D eigenvalue weighted by Crippen LogP contribution is -3.12. The molecule has 2 aliphatic heterocycles. The second-order valence-electron chi connectivity index (χ2n) is 11.4. The van der Waals surface area contributed by atoms with E-state index in [1.807, 2.05) is 11.8 Å². The molecule has 4 N–H and O–H groups in total. The minimum Gasteiger partial charge on any atom is -0.478 e. The summed E-state index contributed by atoms with van der Waals surface area (Å²) in [5.41, 5.74) is 3.47. The maximum Gasteiger partial charge on any atom is 0.331 e. The first kappa shape index (κ1) is 30.2. The van der Waals surface area contributed by atoms with Crippen molar-refractivity contribution in [2.75, 3.05) is 39.0 Å². The Labute approximate surface area is 248 Å². The molecular formula is C29H34N5O8S+. The lowest BCUT2D eigenvalue weighted by molar-refractivity contribution is -0.883. The number of aromatic amines is 1. The van der Waals surface area contributed by atoms with Gasteiger partial charge in [-0.25, -0.2) is 13.2 Å². The molecule has 5 rings (SSSR count). The van der Waals surface area contributed by atoms with Gasteiger partial charge >= 0.3 is 5.97 Å². The second-order valence-corrected chi connectivity index (χ2v) is 13.7. The third kappa shape index (κ3) is 5.84. The van der Waals surface area contributed by atoms with E-state index in [1.165, 1.54) is 23.1 Å². The van der Waals surface area contributed by atoms with Crippen LogP contribution in [0.2, 0.25) is 0 Å². The van der Waals surface area contributed by atoms with E-state index in [-0.39, 0.29) is 29.0 Å². The maximum absolute atomic E-state index is 13.5. The molecule has 13 nitrogen and oxygen atoms in total. The van der Waals surface area contributed by atoms with Crippen LogP contribution < -0.4 is 10.2 Å². The van der Waals surface area contributed by atoms with Gasteiger partial charge in [0.25, 0.3) is 11.8 Å². The van der Waals surface area contributed by atoms with Crippen LogP contribution in [0.5, 0.6) is 0 Å². The number of nitro groups is 1. The van der Waals surface area contributed by atoms with Crippen LogP contribution in [0, 0.1) is 24.0 Å². The minimum absolute atomic E-state index is 0.0102. The Hall–Kier alpha value is -4.30. The van der Waals surface area contributed by atoms with Crippen LogP contribution in [0.15, 0.2) is 52.3 Å². The first-order valence-electron chi connectivity index (χ1n) is 14.0. The fourth-order valence-corrected chi connectivity index (χ4v) is 7.66. The second kappa shape index (κ2) is 11.4. The zero-order valence-electron chi connectivity index (χ0n) is 24.1. The molecule has 2 fully saturated rings. The monoisotopic (exact) mass is 612 g/mol. The number of H-pyrrole nitrogens is 1. The fourth-order valence-electron chi connectivity index (χ4n) is 5.96. The van der Waals surface area contributed by atoms with Gasteiger partial charge in [-0.2, -0.15) is 0 Å². The molecule has 14 heteroatoms. The number of aromatic nitrogens is 1. The average Bonchev–Trinajstić information content (AvgIpc) is 3.41. The zero-order valence-corrected chi connectivity index (χ0v) is 24.9. The van der Waals surface area contributed by atoms with Gasteiger partial charge in [-0.1, -0.05) is 24.3 Å². The van der Waals surface area contributed by atoms with Crippen molar-refractivity contribution < 1.29 is 37.7 Å². The fraction of sp³-hybridized carbons (Fsp3) is 0.414. The molecule has 2 unspecified atom stereocenters. The number of carbonyl (C=O) groups excluding carboxylic acids is 2. The number of hydrogen-bond donors (Lipinski definition) is 4. The number of allylic oxidation sites excluding steroid dienone is 4. The Morgan fingerprint density at radius 1 is 1.23 bits per heavy atom. The Morgan fingerprint density at radius 3 is 2.58 bits per heavy atom. The Bertz CT molecular complexity index is 1690. The molecule has 0 bridgehead atoms. The summed E-state index contributed by atoms with van der Waals surface area (Å²) in [6.45, 7) is 6.65. The normalized spacial score (nSPS) is 23.7. The van der Waals surface area contributed by atoms with Crippen LogP contribution in [0.3, 0.4) is 0 Å². The highest BCUT2D eigenvalue weighted by Crippen LogP contribution is 2.35. The van der Waals surface area contributed by atoms with Crippen LogP contribution >= 0.6 is 0 Å². The van der Waals surface area contributed by atoms with E-state index in [2.05, 4.69) is 17.3 Å². The van der Waals surface area contributed by atoms with Gasteiger partial charge in [0.05, 0.1) is 61.8 Å². The predicted octanol–water partition coefficient (Wildman–Crippen LogP) is 0.0990. The predicted molar refractivity (Wildman–Crippen MR) is 156 cm³/mol. The molecule has 3 heterocycles. The van der Waals surface area contributed by atoms with Crippen LogP contribution in [0.4, 0.5) is 0 Å². The molecule has 43 heavy (non-hydrogen) atoms. The molecule has 0 spiro atoms. The number of aliphatic carboxylic acids is 1. The van der Waals surface area contributed by atoms with E-state index < -0.39 is 50.1 Å². The topological polar surface area (TPSA) is 184 Å². The van der Waals surface area contributed by atoms with Crippen molar-refractivity contribution in [3.63, 3.8) is 0 Å². The Morgan fingerprint density at radius 2 is 1.93 bits per heavy atom. The maximum atomic E-state index is 13.5. The molecule has 228 valence electrons. The molecule has 4 aliphatic rings. The molecule has 2 aliphatic carbocycles. The van der Waals surface area contributed by atoms with Crippen LogP contribution in [0.1, 0.15) is 40.2 Å². The third-order valence-corrected chi connectivity index (χ3v) is 10.5. The average molecular weight is 613 g/mol. The first-order chi connectivity index (χ1) is 20.3. The van der Waals surface area contributed by atoms with Crippen LogP contribution in [-0.4, -0.2) is 96.4 Å². The number of rotatable bonds is 7. The summed E-state index contributed by atoms with van der Waals surface area (Å²) >= 11 is 0. The van der Waals surface area contributed by atoms with E-state index in [4.69, 9.17) is 0 Å². The molecule has 2 atom stereocenters. The summed E-state index contributed by atoms with van der Waals surface area (Å²) in [7, 11) is -1.88. The standard InChI is InChI=1S/C29H33N5O8S/c1-16-24(30-17(2)26(16)28(36)33-10-8-32(3)9-11-33)14-22-21-13-20(6-7-23(21)31-27(22)35)43(41,42)15-19-5-4-18(29(37)38)12-25(19)34(39)40/h4-5,7,13-14,20,25,30H,6,8-12,15H2,1-3H3,(H,31,35)(H,37,38)/p+1/b22-14-. The van der Waals surface area contributed by atoms with Gasteiger partial charge < -0.3 is 25.2 Å². The summed E-state index contributed by atoms with van der Waals surface area (Å²) in [4.78, 5) is 55.0. The number of carbonyl (C=O) groups is 3. The number of aryl methyl sites for hydroxylation is 1. The number of carboxylic acids is 1. The number of fused-ring (bicyclic) bond motifs is 1. The van der Waals surface area contributed by atoms with E-state index in [0.29, 0.717) is 46.9 Å². The van der Waals surface area contributed by atoms with Crippen molar-refractivity contribution in [2.45, 2.75) is 38.0 Å². The van der Waals surface area contributed by atoms with Gasteiger partial charge in [0, 0.05) is 38.7 Å². The lowest BCUT2D eigenvalue weighted by Gasteiger charge is -2.30. The highest BCUT2D eigenvalue weighted by molar-refractivity contribution is 7.92. The van der Waals surface area contributed by atoms with Crippen molar-refractivity contribution >= 4 is 33.7 Å². The number of amides is 2. The Balaban J connectivity index is 1.42.